The van der Waals surface area contributed by atoms with Gasteiger partial charge >= 0.3 is 6.09 Å². The maximum atomic E-state index is 12.4. The zero-order chi connectivity index (χ0) is 18.6. The molecule has 1 saturated heterocycles. The summed E-state index contributed by atoms with van der Waals surface area (Å²) in [5, 5.41) is 19.6. The van der Waals surface area contributed by atoms with E-state index in [9.17, 15) is 24.8 Å². The summed E-state index contributed by atoms with van der Waals surface area (Å²) in [6.45, 7) is -0.251. The Morgan fingerprint density at radius 3 is 2.60 bits per heavy atom. The fraction of sp³-hybridized carbons (Fsp3) is 0.467. The minimum Gasteiger partial charge on any atom is -0.445 e. The standard InChI is InChI=1S/C15H19N3O6S/c16-13(20)15(5-6-19)7-12(25)8-17(15)14(21)24-9-10-1-3-11(4-2-10)18(22)23/h1-4,12,19,25H,5-9H2,(H2,16,20)/t12-,15-/m0/s1. The molecule has 1 aromatic rings. The molecule has 0 spiro atoms. The van der Waals surface area contributed by atoms with Gasteiger partial charge in [0.25, 0.3) is 5.69 Å². The molecule has 1 aromatic carbocycles. The van der Waals surface area contributed by atoms with Gasteiger partial charge in [0.1, 0.15) is 12.1 Å². The summed E-state index contributed by atoms with van der Waals surface area (Å²) >= 11 is 4.31. The van der Waals surface area contributed by atoms with Crippen molar-refractivity contribution < 1.29 is 24.4 Å². The van der Waals surface area contributed by atoms with E-state index in [1.54, 1.807) is 0 Å². The van der Waals surface area contributed by atoms with Crippen LogP contribution in [0.2, 0.25) is 0 Å². The Kier molecular flexibility index (Phi) is 5.85. The van der Waals surface area contributed by atoms with E-state index < -0.39 is 22.5 Å². The average molecular weight is 369 g/mol. The molecule has 9 nitrogen and oxygen atoms in total. The molecule has 0 saturated carbocycles. The molecule has 10 heteroatoms. The third-order valence-electron chi connectivity index (χ3n) is 4.20. The number of likely N-dealkylation sites (tertiary alicyclic amines) is 1. The predicted molar refractivity (Wildman–Crippen MR) is 91.0 cm³/mol. The number of ether oxygens (including phenoxy) is 1. The SMILES string of the molecule is NC(=O)[C@]1(CCO)C[C@H](S)CN1C(=O)OCc1ccc([N+](=O)[O-])cc1. The fourth-order valence-electron chi connectivity index (χ4n) is 2.91. The van der Waals surface area contributed by atoms with Crippen LogP contribution >= 0.6 is 12.6 Å². The summed E-state index contributed by atoms with van der Waals surface area (Å²) in [6.07, 6.45) is -0.507. The molecule has 2 atom stereocenters. The smallest absolute Gasteiger partial charge is 0.411 e. The van der Waals surface area contributed by atoms with E-state index in [0.29, 0.717) is 5.56 Å². The van der Waals surface area contributed by atoms with Crippen LogP contribution in [0.5, 0.6) is 0 Å². The number of rotatable bonds is 6. The van der Waals surface area contributed by atoms with Gasteiger partial charge in [0.15, 0.2) is 0 Å². The number of aliphatic hydroxyl groups is 1. The van der Waals surface area contributed by atoms with Gasteiger partial charge in [0.2, 0.25) is 5.91 Å². The van der Waals surface area contributed by atoms with Crippen molar-refractivity contribution in [2.24, 2.45) is 5.73 Å². The van der Waals surface area contributed by atoms with Crippen LogP contribution in [-0.2, 0) is 16.1 Å². The Morgan fingerprint density at radius 2 is 2.08 bits per heavy atom. The van der Waals surface area contributed by atoms with Crippen molar-refractivity contribution >= 4 is 30.3 Å². The van der Waals surface area contributed by atoms with E-state index in [-0.39, 0.29) is 43.5 Å². The highest BCUT2D eigenvalue weighted by Gasteiger charge is 2.51. The number of nitrogens with zero attached hydrogens (tertiary/aromatic N) is 2. The third-order valence-corrected chi connectivity index (χ3v) is 4.54. The number of amides is 2. The number of primary amides is 1. The summed E-state index contributed by atoms with van der Waals surface area (Å²) < 4.78 is 5.21. The lowest BCUT2D eigenvalue weighted by atomic mass is 9.91. The quantitative estimate of drug-likeness (QED) is 0.386. The zero-order valence-corrected chi connectivity index (χ0v) is 14.2. The van der Waals surface area contributed by atoms with Gasteiger partial charge in [-0.05, 0) is 24.1 Å². The molecule has 0 unspecified atom stereocenters. The number of carbonyl (C=O) groups excluding carboxylic acids is 2. The van der Waals surface area contributed by atoms with Gasteiger partial charge < -0.3 is 15.6 Å². The van der Waals surface area contributed by atoms with Crippen molar-refractivity contribution in [1.82, 2.24) is 4.90 Å². The van der Waals surface area contributed by atoms with E-state index in [2.05, 4.69) is 12.6 Å². The molecule has 1 aliphatic heterocycles. The van der Waals surface area contributed by atoms with Crippen molar-refractivity contribution in [3.63, 3.8) is 0 Å². The normalized spacial score (nSPS) is 22.6. The molecular formula is C15H19N3O6S. The van der Waals surface area contributed by atoms with Crippen LogP contribution in [0.4, 0.5) is 10.5 Å². The first-order chi connectivity index (χ1) is 11.8. The Morgan fingerprint density at radius 1 is 1.44 bits per heavy atom. The Hall–Kier alpha value is -2.33. The number of nitro groups is 1. The highest BCUT2D eigenvalue weighted by atomic mass is 32.1. The second-order valence-corrected chi connectivity index (χ2v) is 6.55. The summed E-state index contributed by atoms with van der Waals surface area (Å²) in [6, 6.07) is 5.57. The van der Waals surface area contributed by atoms with E-state index in [1.807, 2.05) is 0 Å². The van der Waals surface area contributed by atoms with Crippen LogP contribution in [0.3, 0.4) is 0 Å². The van der Waals surface area contributed by atoms with Crippen LogP contribution in [0.25, 0.3) is 0 Å². The number of benzene rings is 1. The summed E-state index contributed by atoms with van der Waals surface area (Å²) in [7, 11) is 0. The summed E-state index contributed by atoms with van der Waals surface area (Å²) in [5.74, 6) is -0.717. The maximum absolute atomic E-state index is 12.4. The van der Waals surface area contributed by atoms with Crippen molar-refractivity contribution in [3.8, 4) is 0 Å². The highest BCUT2D eigenvalue weighted by Crippen LogP contribution is 2.35. The summed E-state index contributed by atoms with van der Waals surface area (Å²) in [4.78, 5) is 35.6. The van der Waals surface area contributed by atoms with Crippen molar-refractivity contribution in [3.05, 3.63) is 39.9 Å². The molecule has 0 aliphatic carbocycles. The van der Waals surface area contributed by atoms with E-state index in [1.165, 1.54) is 29.2 Å². The van der Waals surface area contributed by atoms with Gasteiger partial charge in [0, 0.05) is 37.0 Å². The fourth-order valence-corrected chi connectivity index (χ4v) is 3.38. The average Bonchev–Trinajstić information content (AvgIpc) is 2.91. The zero-order valence-electron chi connectivity index (χ0n) is 13.3. The number of hydrogen-bond acceptors (Lipinski definition) is 7. The van der Waals surface area contributed by atoms with Crippen LogP contribution in [0.1, 0.15) is 18.4 Å². The Balaban J connectivity index is 2.07. The van der Waals surface area contributed by atoms with Gasteiger partial charge in [-0.25, -0.2) is 4.79 Å². The number of non-ortho nitro benzene ring substituents is 1. The van der Waals surface area contributed by atoms with Gasteiger partial charge in [-0.1, -0.05) is 0 Å². The third kappa shape index (κ3) is 4.02. The van der Waals surface area contributed by atoms with Crippen molar-refractivity contribution in [2.75, 3.05) is 13.2 Å². The Labute approximate surface area is 149 Å². The predicted octanol–water partition coefficient (Wildman–Crippen LogP) is 0.842. The molecule has 2 rings (SSSR count). The van der Waals surface area contributed by atoms with Crippen LogP contribution < -0.4 is 5.73 Å². The number of hydrogen-bond donors (Lipinski definition) is 3. The van der Waals surface area contributed by atoms with Gasteiger partial charge in [-0.3, -0.25) is 19.8 Å². The van der Waals surface area contributed by atoms with Crippen molar-refractivity contribution in [2.45, 2.75) is 30.2 Å². The largest absolute Gasteiger partial charge is 0.445 e. The number of nitro benzene ring substituents is 1. The molecule has 136 valence electrons. The van der Waals surface area contributed by atoms with Gasteiger partial charge in [-0.2, -0.15) is 12.6 Å². The minimum atomic E-state index is -1.33. The monoisotopic (exact) mass is 369 g/mol. The first-order valence-corrected chi connectivity index (χ1v) is 8.08. The topological polar surface area (TPSA) is 136 Å². The first kappa shape index (κ1) is 19.0. The summed E-state index contributed by atoms with van der Waals surface area (Å²) in [5.41, 5.74) is 4.63. The van der Waals surface area contributed by atoms with Crippen LogP contribution in [0, 0.1) is 10.1 Å². The molecule has 3 N–H and O–H groups in total. The highest BCUT2D eigenvalue weighted by molar-refractivity contribution is 7.81. The number of nitrogens with two attached hydrogens (primary N) is 1. The lowest BCUT2D eigenvalue weighted by Crippen LogP contribution is -2.56. The van der Waals surface area contributed by atoms with Crippen LogP contribution in [0.15, 0.2) is 24.3 Å². The second-order valence-electron chi connectivity index (χ2n) is 5.82. The molecule has 1 aliphatic rings. The van der Waals surface area contributed by atoms with Gasteiger partial charge in [-0.15, -0.1) is 0 Å². The lowest BCUT2D eigenvalue weighted by molar-refractivity contribution is -0.384. The van der Waals surface area contributed by atoms with Gasteiger partial charge in [0.05, 0.1) is 4.92 Å². The Bertz CT molecular complexity index is 668. The molecule has 1 heterocycles. The van der Waals surface area contributed by atoms with Crippen molar-refractivity contribution in [1.29, 1.82) is 0 Å². The first-order valence-electron chi connectivity index (χ1n) is 7.56. The second kappa shape index (κ2) is 7.70. The number of aliphatic hydroxyl groups excluding tert-OH is 1. The molecular weight excluding hydrogens is 350 g/mol. The molecule has 25 heavy (non-hydrogen) atoms. The molecule has 0 radical (unpaired) electrons. The number of thiol groups is 1. The molecule has 0 bridgehead atoms. The maximum Gasteiger partial charge on any atom is 0.411 e. The molecule has 2 amide bonds. The molecule has 1 fully saturated rings. The lowest BCUT2D eigenvalue weighted by Gasteiger charge is -2.34. The van der Waals surface area contributed by atoms with E-state index in [0.717, 1.165) is 0 Å². The van der Waals surface area contributed by atoms with E-state index >= 15 is 0 Å². The minimum absolute atomic E-state index is 0.00598. The van der Waals surface area contributed by atoms with E-state index in [4.69, 9.17) is 10.5 Å². The molecule has 0 aromatic heterocycles. The van der Waals surface area contributed by atoms with Crippen LogP contribution in [-0.4, -0.2) is 50.9 Å². The number of carbonyl (C=O) groups is 2.